The highest BCUT2D eigenvalue weighted by Crippen LogP contribution is 2.23. The summed E-state index contributed by atoms with van der Waals surface area (Å²) in [5.74, 6) is 0.883. The highest BCUT2D eigenvalue weighted by Gasteiger charge is 1.97. The number of methoxy groups -OCH3 is 1. The van der Waals surface area contributed by atoms with Gasteiger partial charge >= 0.3 is 0 Å². The molecule has 0 amide bonds. The molecule has 1 heteroatoms. The van der Waals surface area contributed by atoms with Gasteiger partial charge < -0.3 is 4.74 Å². The van der Waals surface area contributed by atoms with Crippen molar-refractivity contribution < 1.29 is 4.74 Å². The van der Waals surface area contributed by atoms with Crippen LogP contribution in [0.4, 0.5) is 0 Å². The lowest BCUT2D eigenvalue weighted by Gasteiger charge is -2.03. The standard InChI is InChI=1S/C11H9O/c1-12-11-8-4-6-9-5-2-3-7-10(9)11/h2-3,5-8H,1H3. The molecule has 0 aliphatic heterocycles. The van der Waals surface area contributed by atoms with Gasteiger partial charge in [0.25, 0.3) is 0 Å². The molecule has 12 heavy (non-hydrogen) atoms. The predicted octanol–water partition coefficient (Wildman–Crippen LogP) is 2.65. The molecule has 0 spiro atoms. The molecule has 0 N–H and O–H groups in total. The molecule has 0 aromatic heterocycles. The van der Waals surface area contributed by atoms with Gasteiger partial charge in [0.05, 0.1) is 7.11 Å². The van der Waals surface area contributed by atoms with Gasteiger partial charge in [-0.05, 0) is 23.6 Å². The van der Waals surface area contributed by atoms with Gasteiger partial charge in [-0.15, -0.1) is 0 Å². The fourth-order valence-electron chi connectivity index (χ4n) is 1.30. The zero-order valence-corrected chi connectivity index (χ0v) is 6.87. The lowest BCUT2D eigenvalue weighted by atomic mass is 10.1. The molecule has 0 bridgehead atoms. The van der Waals surface area contributed by atoms with Crippen LogP contribution in [0, 0.1) is 6.07 Å². The quantitative estimate of drug-likeness (QED) is 0.618. The molecule has 0 unspecified atom stereocenters. The number of hydrogen-bond donors (Lipinski definition) is 0. The highest BCUT2D eigenvalue weighted by atomic mass is 16.5. The van der Waals surface area contributed by atoms with Crippen molar-refractivity contribution in [3.63, 3.8) is 0 Å². The Kier molecular flexibility index (Phi) is 1.71. The second-order valence-electron chi connectivity index (χ2n) is 2.61. The Morgan fingerprint density at radius 3 is 2.83 bits per heavy atom. The summed E-state index contributed by atoms with van der Waals surface area (Å²) in [6.45, 7) is 0. The summed E-state index contributed by atoms with van der Waals surface area (Å²) < 4.78 is 5.20. The summed E-state index contributed by atoms with van der Waals surface area (Å²) in [5, 5.41) is 2.30. The van der Waals surface area contributed by atoms with Crippen molar-refractivity contribution in [3.05, 3.63) is 42.5 Å². The van der Waals surface area contributed by atoms with E-state index in [1.54, 1.807) is 7.11 Å². The first-order valence-electron chi connectivity index (χ1n) is 3.84. The third kappa shape index (κ3) is 1.03. The van der Waals surface area contributed by atoms with Crippen LogP contribution in [0.1, 0.15) is 0 Å². The molecule has 2 aromatic carbocycles. The van der Waals surface area contributed by atoms with Crippen molar-refractivity contribution in [2.75, 3.05) is 7.11 Å². The average Bonchev–Trinajstić information content (AvgIpc) is 2.17. The smallest absolute Gasteiger partial charge is 0.127 e. The summed E-state index contributed by atoms with van der Waals surface area (Å²) in [4.78, 5) is 0. The van der Waals surface area contributed by atoms with E-state index in [-0.39, 0.29) is 0 Å². The van der Waals surface area contributed by atoms with Crippen LogP contribution in [0.3, 0.4) is 0 Å². The molecule has 0 aliphatic rings. The Balaban J connectivity index is 2.79. The third-order valence-corrected chi connectivity index (χ3v) is 1.90. The molecule has 0 saturated carbocycles. The van der Waals surface area contributed by atoms with Crippen LogP contribution in [-0.2, 0) is 0 Å². The van der Waals surface area contributed by atoms with Gasteiger partial charge in [0.15, 0.2) is 0 Å². The van der Waals surface area contributed by atoms with Crippen LogP contribution in [0.15, 0.2) is 36.4 Å². The van der Waals surface area contributed by atoms with Crippen molar-refractivity contribution in [1.82, 2.24) is 0 Å². The first-order chi connectivity index (χ1) is 5.92. The van der Waals surface area contributed by atoms with E-state index in [1.165, 1.54) is 0 Å². The van der Waals surface area contributed by atoms with E-state index >= 15 is 0 Å². The maximum absolute atomic E-state index is 5.20. The Bertz CT molecular complexity index is 388. The molecule has 0 fully saturated rings. The lowest BCUT2D eigenvalue weighted by molar-refractivity contribution is 0.419. The lowest BCUT2D eigenvalue weighted by Crippen LogP contribution is -1.83. The largest absolute Gasteiger partial charge is 0.496 e. The Labute approximate surface area is 71.6 Å². The van der Waals surface area contributed by atoms with E-state index in [0.717, 1.165) is 16.5 Å². The van der Waals surface area contributed by atoms with Crippen LogP contribution in [0.2, 0.25) is 0 Å². The number of benzene rings is 2. The Morgan fingerprint density at radius 1 is 1.17 bits per heavy atom. The van der Waals surface area contributed by atoms with Gasteiger partial charge in [0.2, 0.25) is 0 Å². The fourth-order valence-corrected chi connectivity index (χ4v) is 1.30. The molecule has 59 valence electrons. The zero-order valence-electron chi connectivity index (χ0n) is 6.87. The van der Waals surface area contributed by atoms with Crippen LogP contribution in [0.5, 0.6) is 5.75 Å². The second-order valence-corrected chi connectivity index (χ2v) is 2.61. The van der Waals surface area contributed by atoms with Crippen LogP contribution >= 0.6 is 0 Å². The molecule has 0 aliphatic carbocycles. The van der Waals surface area contributed by atoms with E-state index in [2.05, 4.69) is 6.07 Å². The van der Waals surface area contributed by atoms with E-state index in [4.69, 9.17) is 4.74 Å². The van der Waals surface area contributed by atoms with E-state index in [1.807, 2.05) is 36.4 Å². The minimum absolute atomic E-state index is 0.883. The molecule has 2 aromatic rings. The van der Waals surface area contributed by atoms with Crippen LogP contribution in [0.25, 0.3) is 10.8 Å². The number of fused-ring (bicyclic) bond motifs is 1. The third-order valence-electron chi connectivity index (χ3n) is 1.90. The molecular formula is C11H9O. The molecule has 1 nitrogen and oxygen atoms in total. The van der Waals surface area contributed by atoms with Gasteiger partial charge in [-0.25, -0.2) is 0 Å². The number of rotatable bonds is 1. The first kappa shape index (κ1) is 7.17. The van der Waals surface area contributed by atoms with Crippen molar-refractivity contribution >= 4 is 10.8 Å². The molecule has 1 radical (unpaired) electrons. The summed E-state index contributed by atoms with van der Waals surface area (Å²) in [6, 6.07) is 14.9. The van der Waals surface area contributed by atoms with Crippen molar-refractivity contribution in [3.8, 4) is 5.75 Å². The minimum atomic E-state index is 0.883. The summed E-state index contributed by atoms with van der Waals surface area (Å²) in [5.41, 5.74) is 0. The molecule has 0 heterocycles. The molecule has 2 rings (SSSR count). The number of ether oxygens (including phenoxy) is 1. The zero-order chi connectivity index (χ0) is 8.39. The van der Waals surface area contributed by atoms with Crippen molar-refractivity contribution in [2.24, 2.45) is 0 Å². The van der Waals surface area contributed by atoms with Crippen molar-refractivity contribution in [2.45, 2.75) is 0 Å². The van der Waals surface area contributed by atoms with Crippen LogP contribution in [-0.4, -0.2) is 7.11 Å². The SMILES string of the molecule is COc1c[c]cc2ccccc12. The Morgan fingerprint density at radius 2 is 2.00 bits per heavy atom. The van der Waals surface area contributed by atoms with E-state index in [0.29, 0.717) is 0 Å². The normalized spacial score (nSPS) is 10.1. The number of hydrogen-bond acceptors (Lipinski definition) is 1. The van der Waals surface area contributed by atoms with Gasteiger partial charge in [-0.1, -0.05) is 24.3 Å². The summed E-state index contributed by atoms with van der Waals surface area (Å²) in [7, 11) is 1.68. The molecule has 0 atom stereocenters. The highest BCUT2D eigenvalue weighted by molar-refractivity contribution is 5.87. The van der Waals surface area contributed by atoms with Gasteiger partial charge in [0, 0.05) is 5.39 Å². The first-order valence-corrected chi connectivity index (χ1v) is 3.84. The Hall–Kier alpha value is -1.50. The van der Waals surface area contributed by atoms with E-state index in [9.17, 15) is 0 Å². The van der Waals surface area contributed by atoms with Gasteiger partial charge in [-0.2, -0.15) is 0 Å². The minimum Gasteiger partial charge on any atom is -0.496 e. The topological polar surface area (TPSA) is 9.23 Å². The maximum Gasteiger partial charge on any atom is 0.127 e. The van der Waals surface area contributed by atoms with Gasteiger partial charge in [0.1, 0.15) is 5.75 Å². The summed E-state index contributed by atoms with van der Waals surface area (Å²) >= 11 is 0. The van der Waals surface area contributed by atoms with Crippen molar-refractivity contribution in [1.29, 1.82) is 0 Å². The second kappa shape index (κ2) is 2.86. The molecular weight excluding hydrogens is 148 g/mol. The van der Waals surface area contributed by atoms with E-state index < -0.39 is 0 Å². The predicted molar refractivity (Wildman–Crippen MR) is 49.3 cm³/mol. The van der Waals surface area contributed by atoms with Crippen LogP contribution < -0.4 is 4.74 Å². The fraction of sp³-hybridized carbons (Fsp3) is 0.0909. The maximum atomic E-state index is 5.20. The van der Waals surface area contributed by atoms with Gasteiger partial charge in [-0.3, -0.25) is 0 Å². The molecule has 0 saturated heterocycles. The average molecular weight is 157 g/mol. The monoisotopic (exact) mass is 157 g/mol. The summed E-state index contributed by atoms with van der Waals surface area (Å²) in [6.07, 6.45) is 0.